The highest BCUT2D eigenvalue weighted by atomic mass is 35.5. The summed E-state index contributed by atoms with van der Waals surface area (Å²) in [6.45, 7) is 8.23. The summed E-state index contributed by atoms with van der Waals surface area (Å²) < 4.78 is 0. The molecule has 0 aliphatic heterocycles. The third kappa shape index (κ3) is 1.74. The van der Waals surface area contributed by atoms with Gasteiger partial charge < -0.3 is 0 Å². The fourth-order valence-electron chi connectivity index (χ4n) is 1.93. The molecule has 0 aromatic heterocycles. The van der Waals surface area contributed by atoms with Gasteiger partial charge in [-0.25, -0.2) is 0 Å². The normalized spacial score (nSPS) is 11.7. The van der Waals surface area contributed by atoms with E-state index in [0.717, 1.165) is 10.4 Å². The van der Waals surface area contributed by atoms with E-state index < -0.39 is 0 Å². The minimum absolute atomic E-state index is 0.0375. The van der Waals surface area contributed by atoms with E-state index in [2.05, 4.69) is 38.6 Å². The molecule has 2 rings (SSSR count). The molecule has 82 valence electrons. The molecule has 16 heavy (non-hydrogen) atoms. The zero-order chi connectivity index (χ0) is 11.8. The minimum atomic E-state index is -0.0375. The number of fused-ring (bicyclic) bond motifs is 1. The summed E-state index contributed by atoms with van der Waals surface area (Å²) in [5.41, 5.74) is 1.23. The largest absolute Gasteiger partial charge is 0.102 e. The topological polar surface area (TPSA) is 0 Å². The molecular weight excluding hydrogens is 216 g/mol. The van der Waals surface area contributed by atoms with Crippen molar-refractivity contribution in [2.45, 2.75) is 19.3 Å². The van der Waals surface area contributed by atoms with Crippen LogP contribution in [0.1, 0.15) is 19.4 Å². The Morgan fingerprint density at radius 1 is 1.06 bits per heavy atom. The van der Waals surface area contributed by atoms with Crippen LogP contribution in [0.15, 0.2) is 49.1 Å². The van der Waals surface area contributed by atoms with E-state index in [0.29, 0.717) is 0 Å². The Morgan fingerprint density at radius 2 is 1.69 bits per heavy atom. The summed E-state index contributed by atoms with van der Waals surface area (Å²) in [5, 5.41) is 3.12. The van der Waals surface area contributed by atoms with Crippen molar-refractivity contribution in [1.82, 2.24) is 0 Å². The third-order valence-corrected chi connectivity index (χ3v) is 3.40. The van der Waals surface area contributed by atoms with Gasteiger partial charge in [-0.15, -0.1) is 6.58 Å². The molecule has 0 saturated heterocycles. The highest BCUT2D eigenvalue weighted by Crippen LogP contribution is 2.34. The highest BCUT2D eigenvalue weighted by molar-refractivity contribution is 6.35. The predicted octanol–water partition coefficient (Wildman–Crippen LogP) is 4.96. The van der Waals surface area contributed by atoms with Crippen LogP contribution in [0, 0.1) is 0 Å². The molecule has 0 saturated carbocycles. The number of benzene rings is 2. The molecule has 0 aliphatic carbocycles. The van der Waals surface area contributed by atoms with Crippen LogP contribution < -0.4 is 0 Å². The first-order valence-corrected chi connectivity index (χ1v) is 5.75. The zero-order valence-electron chi connectivity index (χ0n) is 9.63. The molecule has 1 heteroatoms. The number of hydrogen-bond donors (Lipinski definition) is 0. The molecule has 0 amide bonds. The van der Waals surface area contributed by atoms with Crippen LogP contribution in [0.3, 0.4) is 0 Å². The average Bonchev–Trinajstić information content (AvgIpc) is 2.29. The van der Waals surface area contributed by atoms with Gasteiger partial charge in [-0.2, -0.15) is 0 Å². The fraction of sp³-hybridized carbons (Fsp3) is 0.200. The van der Waals surface area contributed by atoms with Gasteiger partial charge in [-0.05, 0) is 17.0 Å². The second kappa shape index (κ2) is 3.95. The lowest BCUT2D eigenvalue weighted by Gasteiger charge is -2.22. The van der Waals surface area contributed by atoms with E-state index in [-0.39, 0.29) is 5.41 Å². The molecule has 0 atom stereocenters. The Hall–Kier alpha value is -1.27. The molecule has 0 nitrogen and oxygen atoms in total. The number of allylic oxidation sites excluding steroid dienone is 1. The first-order chi connectivity index (χ1) is 7.56. The van der Waals surface area contributed by atoms with Gasteiger partial charge in [0.2, 0.25) is 0 Å². The maximum atomic E-state index is 6.20. The predicted molar refractivity (Wildman–Crippen MR) is 72.2 cm³/mol. The number of hydrogen-bond acceptors (Lipinski definition) is 0. The van der Waals surface area contributed by atoms with Crippen LogP contribution in [0.2, 0.25) is 5.02 Å². The van der Waals surface area contributed by atoms with Gasteiger partial charge in [0.15, 0.2) is 0 Å². The smallest absolute Gasteiger partial charge is 0.0484 e. The van der Waals surface area contributed by atoms with E-state index in [1.807, 2.05) is 24.3 Å². The Bertz CT molecular complexity index is 538. The molecule has 0 N–H and O–H groups in total. The van der Waals surface area contributed by atoms with Crippen molar-refractivity contribution in [3.63, 3.8) is 0 Å². The molecular formula is C15H15Cl. The Morgan fingerprint density at radius 3 is 2.31 bits per heavy atom. The third-order valence-electron chi connectivity index (χ3n) is 3.08. The number of halogens is 1. The van der Waals surface area contributed by atoms with Gasteiger partial charge in [-0.1, -0.05) is 61.9 Å². The monoisotopic (exact) mass is 230 g/mol. The molecule has 2 aromatic rings. The van der Waals surface area contributed by atoms with Crippen LogP contribution in [0.25, 0.3) is 10.8 Å². The zero-order valence-corrected chi connectivity index (χ0v) is 10.4. The SMILES string of the molecule is C=CC(C)(C)c1ccc(Cl)c2ccccc12. The molecule has 0 aliphatic rings. The summed E-state index contributed by atoms with van der Waals surface area (Å²) in [7, 11) is 0. The molecule has 2 aromatic carbocycles. The van der Waals surface area contributed by atoms with E-state index >= 15 is 0 Å². The van der Waals surface area contributed by atoms with Gasteiger partial charge in [0.05, 0.1) is 0 Å². The van der Waals surface area contributed by atoms with Gasteiger partial charge in [0, 0.05) is 15.8 Å². The first kappa shape index (κ1) is 11.2. The highest BCUT2D eigenvalue weighted by Gasteiger charge is 2.19. The maximum absolute atomic E-state index is 6.20. The van der Waals surface area contributed by atoms with Crippen LogP contribution in [-0.2, 0) is 5.41 Å². The maximum Gasteiger partial charge on any atom is 0.0484 e. The Kier molecular flexibility index (Phi) is 2.77. The lowest BCUT2D eigenvalue weighted by Crippen LogP contribution is -2.13. The number of rotatable bonds is 2. The van der Waals surface area contributed by atoms with Crippen molar-refractivity contribution < 1.29 is 0 Å². The molecule has 0 spiro atoms. The van der Waals surface area contributed by atoms with Crippen molar-refractivity contribution in [2.75, 3.05) is 0 Å². The van der Waals surface area contributed by atoms with Crippen molar-refractivity contribution in [3.8, 4) is 0 Å². The summed E-state index contributed by atoms with van der Waals surface area (Å²) in [4.78, 5) is 0. The summed E-state index contributed by atoms with van der Waals surface area (Å²) in [6, 6.07) is 12.3. The van der Waals surface area contributed by atoms with E-state index in [1.165, 1.54) is 10.9 Å². The lowest BCUT2D eigenvalue weighted by molar-refractivity contribution is 0.678. The Balaban J connectivity index is 2.82. The fourth-order valence-corrected chi connectivity index (χ4v) is 2.16. The van der Waals surface area contributed by atoms with Crippen molar-refractivity contribution in [1.29, 1.82) is 0 Å². The second-order valence-electron chi connectivity index (χ2n) is 4.57. The van der Waals surface area contributed by atoms with Crippen LogP contribution in [0.5, 0.6) is 0 Å². The van der Waals surface area contributed by atoms with Crippen LogP contribution in [-0.4, -0.2) is 0 Å². The minimum Gasteiger partial charge on any atom is -0.102 e. The first-order valence-electron chi connectivity index (χ1n) is 5.37. The average molecular weight is 231 g/mol. The van der Waals surface area contributed by atoms with Gasteiger partial charge in [0.1, 0.15) is 0 Å². The quantitative estimate of drug-likeness (QED) is 0.640. The van der Waals surface area contributed by atoms with Crippen molar-refractivity contribution >= 4 is 22.4 Å². The van der Waals surface area contributed by atoms with Gasteiger partial charge in [-0.3, -0.25) is 0 Å². The molecule has 0 unspecified atom stereocenters. The Labute approximate surface area is 102 Å². The molecule has 0 bridgehead atoms. The summed E-state index contributed by atoms with van der Waals surface area (Å²) in [5.74, 6) is 0. The van der Waals surface area contributed by atoms with Crippen LogP contribution in [0.4, 0.5) is 0 Å². The summed E-state index contributed by atoms with van der Waals surface area (Å²) >= 11 is 6.20. The molecule has 0 radical (unpaired) electrons. The van der Waals surface area contributed by atoms with E-state index in [9.17, 15) is 0 Å². The second-order valence-corrected chi connectivity index (χ2v) is 4.97. The van der Waals surface area contributed by atoms with Crippen LogP contribution >= 0.6 is 11.6 Å². The van der Waals surface area contributed by atoms with Gasteiger partial charge in [0.25, 0.3) is 0 Å². The lowest BCUT2D eigenvalue weighted by atomic mass is 9.82. The summed E-state index contributed by atoms with van der Waals surface area (Å²) in [6.07, 6.45) is 1.97. The molecule has 0 fully saturated rings. The van der Waals surface area contributed by atoms with Crippen molar-refractivity contribution in [2.24, 2.45) is 0 Å². The van der Waals surface area contributed by atoms with Crippen molar-refractivity contribution in [3.05, 3.63) is 59.6 Å². The van der Waals surface area contributed by atoms with Gasteiger partial charge >= 0.3 is 0 Å². The standard InChI is InChI=1S/C15H15Cl/c1-4-15(2,3)13-9-10-14(16)12-8-6-5-7-11(12)13/h4-10H,1H2,2-3H3. The van der Waals surface area contributed by atoms with E-state index in [1.54, 1.807) is 0 Å². The molecule has 0 heterocycles. The van der Waals surface area contributed by atoms with E-state index in [4.69, 9.17) is 11.6 Å².